The van der Waals surface area contributed by atoms with E-state index in [1.807, 2.05) is 67.8 Å². The third kappa shape index (κ3) is 6.49. The van der Waals surface area contributed by atoms with Crippen molar-refractivity contribution in [1.29, 1.82) is 0 Å². The number of rotatable bonds is 12. The van der Waals surface area contributed by atoms with E-state index in [0.29, 0.717) is 25.7 Å². The lowest BCUT2D eigenvalue weighted by atomic mass is 10.1. The number of hydrogen-bond acceptors (Lipinski definition) is 8. The maximum atomic E-state index is 12.7. The van der Waals surface area contributed by atoms with Gasteiger partial charge in [-0.1, -0.05) is 27.7 Å². The van der Waals surface area contributed by atoms with Crippen LogP contribution in [-0.2, 0) is 33.2 Å². The molecule has 10 heteroatoms. The predicted octanol–water partition coefficient (Wildman–Crippen LogP) is 3.80. The molecule has 0 aliphatic rings. The summed E-state index contributed by atoms with van der Waals surface area (Å²) < 4.78 is 14.9. The molecule has 0 saturated carbocycles. The van der Waals surface area contributed by atoms with Crippen molar-refractivity contribution in [2.24, 2.45) is 14.1 Å². The second-order valence-electron chi connectivity index (χ2n) is 8.37. The van der Waals surface area contributed by atoms with Crippen LogP contribution in [0, 0.1) is 13.8 Å². The molecule has 0 aliphatic carbocycles. The molecular weight excluding hydrogens is 424 g/mol. The average Bonchev–Trinajstić information content (AvgIpc) is 3.24. The minimum Gasteiger partial charge on any atom is -0.439 e. The van der Waals surface area contributed by atoms with Gasteiger partial charge in [-0.3, -0.25) is 19.0 Å². The highest BCUT2D eigenvalue weighted by molar-refractivity contribution is 5.91. The van der Waals surface area contributed by atoms with E-state index in [2.05, 4.69) is 20.8 Å². The second-order valence-corrected chi connectivity index (χ2v) is 8.37. The van der Waals surface area contributed by atoms with Crippen LogP contribution in [0.2, 0.25) is 0 Å². The average molecular weight is 463 g/mol. The molecule has 0 aliphatic heterocycles. The van der Waals surface area contributed by atoms with E-state index in [9.17, 15) is 9.59 Å². The Morgan fingerprint density at radius 1 is 0.788 bits per heavy atom. The summed E-state index contributed by atoms with van der Waals surface area (Å²) in [5.41, 5.74) is -0.200. The summed E-state index contributed by atoms with van der Waals surface area (Å²) in [6.07, 6.45) is 1.59. The number of aryl methyl sites for hydroxylation is 4. The van der Waals surface area contributed by atoms with Crippen LogP contribution < -0.4 is 10.6 Å². The fraction of sp³-hybridized carbons (Fsp3) is 0.652. The third-order valence-electron chi connectivity index (χ3n) is 5.91. The van der Waals surface area contributed by atoms with E-state index in [1.165, 1.54) is 0 Å². The minimum absolute atomic E-state index is 0.484. The third-order valence-corrected chi connectivity index (χ3v) is 5.91. The molecule has 0 atom stereocenters. The van der Waals surface area contributed by atoms with Crippen LogP contribution in [0.5, 0.6) is 0 Å². The molecule has 0 aromatic carbocycles. The van der Waals surface area contributed by atoms with Gasteiger partial charge in [-0.2, -0.15) is 10.2 Å². The number of aromatic nitrogens is 4. The molecule has 0 amide bonds. The Morgan fingerprint density at radius 2 is 1.12 bits per heavy atom. The first kappa shape index (κ1) is 26.2. The molecule has 0 bridgehead atoms. The summed E-state index contributed by atoms with van der Waals surface area (Å²) in [6, 6.07) is 3.76. The van der Waals surface area contributed by atoms with E-state index in [-0.39, 0.29) is 0 Å². The first-order valence-corrected chi connectivity index (χ1v) is 11.5. The van der Waals surface area contributed by atoms with Gasteiger partial charge in [0.1, 0.15) is 18.1 Å². The number of anilines is 2. The molecule has 2 aromatic heterocycles. The van der Waals surface area contributed by atoms with Crippen LogP contribution in [-0.4, -0.2) is 42.9 Å². The molecule has 33 heavy (non-hydrogen) atoms. The maximum Gasteiger partial charge on any atom is 0.319 e. The quantitative estimate of drug-likeness (QED) is 0.278. The first-order valence-electron chi connectivity index (χ1n) is 11.5. The summed E-state index contributed by atoms with van der Waals surface area (Å²) >= 11 is 0. The van der Waals surface area contributed by atoms with Crippen molar-refractivity contribution in [2.75, 3.05) is 10.6 Å². The highest BCUT2D eigenvalue weighted by Gasteiger charge is 2.35. The van der Waals surface area contributed by atoms with Crippen LogP contribution in [0.3, 0.4) is 0 Å². The van der Waals surface area contributed by atoms with Crippen molar-refractivity contribution in [3.8, 4) is 0 Å². The molecule has 2 N–H and O–H groups in total. The normalized spacial score (nSPS) is 11.9. The van der Waals surface area contributed by atoms with Gasteiger partial charge in [0.15, 0.2) is 11.4 Å². The monoisotopic (exact) mass is 462 g/mol. The van der Waals surface area contributed by atoms with Gasteiger partial charge in [-0.05, 0) is 13.8 Å². The molecule has 184 valence electrons. The molecule has 0 radical (unpaired) electrons. The summed E-state index contributed by atoms with van der Waals surface area (Å²) in [7, 11) is 3.63. The highest BCUT2D eigenvalue weighted by atomic mass is 16.6. The van der Waals surface area contributed by atoms with Gasteiger partial charge in [0.25, 0.3) is 0 Å². The second kappa shape index (κ2) is 10.7. The van der Waals surface area contributed by atoms with Gasteiger partial charge in [-0.15, -0.1) is 0 Å². The van der Waals surface area contributed by atoms with Gasteiger partial charge in [0.05, 0.1) is 11.4 Å². The van der Waals surface area contributed by atoms with E-state index in [4.69, 9.17) is 9.47 Å². The van der Waals surface area contributed by atoms with Gasteiger partial charge in [-0.25, -0.2) is 0 Å². The van der Waals surface area contributed by atoms with E-state index >= 15 is 0 Å². The number of carbonyl (C=O) groups is 2. The molecule has 2 heterocycles. The predicted molar refractivity (Wildman–Crippen MR) is 127 cm³/mol. The SMILES string of the molecule is CCC(CC)(Nc1cc(C)nn1C)OC(=O)CC(=O)OC(CC)(CC)Nc1cc(C)nn1C. The zero-order chi connectivity index (χ0) is 24.8. The molecule has 2 rings (SSSR count). The van der Waals surface area contributed by atoms with Crippen molar-refractivity contribution in [3.63, 3.8) is 0 Å². The standard InChI is InChI=1S/C23H38N6O4/c1-9-22(10-2,24-18-13-16(5)26-28(18)7)32-20(30)15-21(31)33-23(11-3,12-4)25-19-14-17(6)27-29(19)8/h13-14,24-25H,9-12,15H2,1-8H3. The summed E-state index contributed by atoms with van der Waals surface area (Å²) in [5, 5.41) is 15.2. The van der Waals surface area contributed by atoms with Gasteiger partial charge in [0.2, 0.25) is 0 Å². The van der Waals surface area contributed by atoms with Crippen molar-refractivity contribution in [1.82, 2.24) is 19.6 Å². The number of nitrogens with zero attached hydrogens (tertiary/aromatic N) is 4. The summed E-state index contributed by atoms with van der Waals surface area (Å²) in [5.74, 6) is 0.177. The largest absolute Gasteiger partial charge is 0.439 e. The number of carbonyl (C=O) groups excluding carboxylic acids is 2. The number of esters is 2. The molecule has 0 fully saturated rings. The molecule has 2 aromatic rings. The zero-order valence-corrected chi connectivity index (χ0v) is 21.1. The van der Waals surface area contributed by atoms with Crippen molar-refractivity contribution >= 4 is 23.6 Å². The van der Waals surface area contributed by atoms with Crippen LogP contribution >= 0.6 is 0 Å². The van der Waals surface area contributed by atoms with Crippen molar-refractivity contribution < 1.29 is 19.1 Å². The Kier molecular flexibility index (Phi) is 8.51. The number of nitrogens with one attached hydrogen (secondary N) is 2. The summed E-state index contributed by atoms with van der Waals surface area (Å²) in [4.78, 5) is 25.5. The molecule has 0 saturated heterocycles. The smallest absolute Gasteiger partial charge is 0.319 e. The molecule has 10 nitrogen and oxygen atoms in total. The first-order chi connectivity index (χ1) is 15.5. The molecule has 0 unspecified atom stereocenters. The van der Waals surface area contributed by atoms with Crippen molar-refractivity contribution in [2.45, 2.75) is 85.1 Å². The van der Waals surface area contributed by atoms with E-state index in [0.717, 1.165) is 23.0 Å². The number of ether oxygens (including phenoxy) is 2. The zero-order valence-electron chi connectivity index (χ0n) is 21.1. The fourth-order valence-electron chi connectivity index (χ4n) is 3.74. The van der Waals surface area contributed by atoms with E-state index < -0.39 is 29.8 Å². The van der Waals surface area contributed by atoms with Crippen molar-refractivity contribution in [3.05, 3.63) is 23.5 Å². The van der Waals surface area contributed by atoms with Gasteiger partial charge < -0.3 is 20.1 Å². The topological polar surface area (TPSA) is 112 Å². The Bertz CT molecular complexity index is 880. The van der Waals surface area contributed by atoms with Gasteiger partial charge in [0, 0.05) is 51.9 Å². The maximum absolute atomic E-state index is 12.7. The lowest BCUT2D eigenvalue weighted by molar-refractivity contribution is -0.169. The molecule has 0 spiro atoms. The Labute approximate surface area is 196 Å². The lowest BCUT2D eigenvalue weighted by Crippen LogP contribution is -2.45. The Hall–Kier alpha value is -3.04. The van der Waals surface area contributed by atoms with Crippen LogP contribution in [0.15, 0.2) is 12.1 Å². The van der Waals surface area contributed by atoms with Crippen LogP contribution in [0.25, 0.3) is 0 Å². The number of hydrogen-bond donors (Lipinski definition) is 2. The van der Waals surface area contributed by atoms with E-state index in [1.54, 1.807) is 9.36 Å². The summed E-state index contributed by atoms with van der Waals surface area (Å²) in [6.45, 7) is 11.5. The minimum atomic E-state index is -0.950. The Balaban J connectivity index is 2.07. The fourth-order valence-corrected chi connectivity index (χ4v) is 3.74. The Morgan fingerprint density at radius 3 is 1.36 bits per heavy atom. The lowest BCUT2D eigenvalue weighted by Gasteiger charge is -2.34. The highest BCUT2D eigenvalue weighted by Crippen LogP contribution is 2.27. The van der Waals surface area contributed by atoms with Crippen LogP contribution in [0.4, 0.5) is 11.6 Å². The molecular formula is C23H38N6O4. The van der Waals surface area contributed by atoms with Crippen LogP contribution in [0.1, 0.15) is 71.2 Å². The van der Waals surface area contributed by atoms with Gasteiger partial charge >= 0.3 is 11.9 Å².